The van der Waals surface area contributed by atoms with Crippen LogP contribution in [-0.2, 0) is 22.7 Å². The molecule has 0 spiro atoms. The van der Waals surface area contributed by atoms with E-state index in [1.807, 2.05) is 49.4 Å². The summed E-state index contributed by atoms with van der Waals surface area (Å²) in [4.78, 5) is 31.3. The number of piperazine rings is 1. The zero-order valence-electron chi connectivity index (χ0n) is 23.4. The lowest BCUT2D eigenvalue weighted by molar-refractivity contribution is -0.143. The lowest BCUT2D eigenvalue weighted by atomic mass is 10.1. The lowest BCUT2D eigenvalue weighted by Gasteiger charge is -2.43. The van der Waals surface area contributed by atoms with E-state index in [4.69, 9.17) is 14.2 Å². The second-order valence-electron chi connectivity index (χ2n) is 8.99. The van der Waals surface area contributed by atoms with Gasteiger partial charge in [0.25, 0.3) is 0 Å². The Morgan fingerprint density at radius 1 is 0.973 bits per heavy atom. The van der Waals surface area contributed by atoms with Gasteiger partial charge in [-0.2, -0.15) is 0 Å². The number of amides is 2. The summed E-state index contributed by atoms with van der Waals surface area (Å²) >= 11 is 0. The predicted molar refractivity (Wildman–Crippen MR) is 146 cm³/mol. The van der Waals surface area contributed by atoms with Crippen LogP contribution in [0.3, 0.4) is 0 Å². The molecule has 2 amide bonds. The van der Waals surface area contributed by atoms with Gasteiger partial charge in [0, 0.05) is 24.7 Å². The Balaban J connectivity index is 0.000000604. The number of ether oxygens (including phenoxy) is 3. The summed E-state index contributed by atoms with van der Waals surface area (Å²) in [6, 6.07) is 14.2. The van der Waals surface area contributed by atoms with E-state index in [0.717, 1.165) is 11.1 Å². The van der Waals surface area contributed by atoms with Crippen molar-refractivity contribution in [3.8, 4) is 11.5 Å². The number of rotatable bonds is 9. The molecule has 8 nitrogen and oxygen atoms in total. The van der Waals surface area contributed by atoms with Crippen LogP contribution < -0.4 is 9.47 Å². The van der Waals surface area contributed by atoms with Gasteiger partial charge in [0.1, 0.15) is 24.1 Å². The lowest BCUT2D eigenvalue weighted by Crippen LogP contribution is -2.61. The summed E-state index contributed by atoms with van der Waals surface area (Å²) in [6.07, 6.45) is -0.478. The Hall–Kier alpha value is -3.26. The fraction of sp³-hybridized carbons (Fsp3) is 0.517. The molecule has 1 aliphatic heterocycles. The first-order valence-corrected chi connectivity index (χ1v) is 13.0. The molecule has 0 N–H and O–H groups in total. The van der Waals surface area contributed by atoms with Gasteiger partial charge >= 0.3 is 6.09 Å². The summed E-state index contributed by atoms with van der Waals surface area (Å²) < 4.78 is 16.1. The second kappa shape index (κ2) is 15.1. The average Bonchev–Trinajstić information content (AvgIpc) is 2.92. The van der Waals surface area contributed by atoms with Gasteiger partial charge in [0.15, 0.2) is 0 Å². The summed E-state index contributed by atoms with van der Waals surface area (Å²) in [5.74, 6) is 1.23. The topological polar surface area (TPSA) is 71.5 Å². The molecular weight excluding hydrogens is 470 g/mol. The van der Waals surface area contributed by atoms with Crippen LogP contribution in [-0.4, -0.2) is 79.2 Å². The fourth-order valence-electron chi connectivity index (χ4n) is 4.40. The van der Waals surface area contributed by atoms with Gasteiger partial charge in [-0.25, -0.2) is 4.79 Å². The predicted octanol–water partition coefficient (Wildman–Crippen LogP) is 4.81. The van der Waals surface area contributed by atoms with E-state index >= 15 is 0 Å². The highest BCUT2D eigenvalue weighted by atomic mass is 16.6. The Morgan fingerprint density at radius 2 is 1.62 bits per heavy atom. The number of hydrogen-bond donors (Lipinski definition) is 0. The van der Waals surface area contributed by atoms with Gasteiger partial charge in [-0.15, -0.1) is 0 Å². The minimum atomic E-state index is -0.610. The van der Waals surface area contributed by atoms with E-state index in [2.05, 4.69) is 25.7 Å². The maximum absolute atomic E-state index is 13.0. The summed E-state index contributed by atoms with van der Waals surface area (Å²) in [5.41, 5.74) is 1.79. The number of carbonyl (C=O) groups is 2. The molecule has 2 atom stereocenters. The van der Waals surface area contributed by atoms with Crippen LogP contribution in [0.25, 0.3) is 0 Å². The van der Waals surface area contributed by atoms with Crippen LogP contribution in [0.2, 0.25) is 0 Å². The largest absolute Gasteiger partial charge is 0.497 e. The highest BCUT2D eigenvalue weighted by Gasteiger charge is 2.39. The molecule has 0 aromatic heterocycles. The van der Waals surface area contributed by atoms with Gasteiger partial charge < -0.3 is 24.0 Å². The zero-order chi connectivity index (χ0) is 27.4. The number of nitrogens with zero attached hydrogens (tertiary/aromatic N) is 3. The van der Waals surface area contributed by atoms with Gasteiger partial charge in [-0.05, 0) is 51.2 Å². The van der Waals surface area contributed by atoms with Crippen LogP contribution in [0.1, 0.15) is 45.7 Å². The minimum Gasteiger partial charge on any atom is -0.497 e. The van der Waals surface area contributed by atoms with Crippen LogP contribution in [0.4, 0.5) is 4.79 Å². The molecule has 0 saturated carbocycles. The molecule has 37 heavy (non-hydrogen) atoms. The third-order valence-corrected chi connectivity index (χ3v) is 6.66. The molecule has 3 rings (SSSR count). The first kappa shape index (κ1) is 30.0. The Bertz CT molecular complexity index is 975. The number of benzene rings is 2. The van der Waals surface area contributed by atoms with E-state index in [1.165, 1.54) is 24.5 Å². The van der Waals surface area contributed by atoms with E-state index in [0.29, 0.717) is 24.6 Å². The maximum Gasteiger partial charge on any atom is 0.411 e. The summed E-state index contributed by atoms with van der Waals surface area (Å²) in [7, 11) is 3.18. The van der Waals surface area contributed by atoms with E-state index in [1.54, 1.807) is 32.1 Å². The summed E-state index contributed by atoms with van der Waals surface area (Å²) in [5, 5.41) is 0. The molecule has 0 aliphatic carbocycles. The average molecular weight is 514 g/mol. The van der Waals surface area contributed by atoms with Crippen molar-refractivity contribution in [1.82, 2.24) is 14.7 Å². The molecule has 0 radical (unpaired) electrons. The fourth-order valence-corrected chi connectivity index (χ4v) is 4.40. The zero-order valence-corrected chi connectivity index (χ0v) is 23.4. The molecule has 1 heterocycles. The van der Waals surface area contributed by atoms with Crippen LogP contribution in [0.15, 0.2) is 48.5 Å². The molecule has 2 aromatic rings. The highest BCUT2D eigenvalue weighted by molar-refractivity contribution is 5.87. The van der Waals surface area contributed by atoms with Crippen molar-refractivity contribution < 1.29 is 23.8 Å². The molecule has 1 aliphatic rings. The smallest absolute Gasteiger partial charge is 0.411 e. The van der Waals surface area contributed by atoms with E-state index < -0.39 is 12.1 Å². The standard InChI is InChI=1S/C23H28N2O5.C6H15N/c1-16-13-24(14-19-10-11-20(28-3)12-21(19)29-4)22(26)17(2)25(16)23(27)30-15-18-8-6-5-7-9-18;1-4-7(5-2)6-3/h5-12,16-17H,13-15H2,1-4H3;4-6H2,1-3H3/t16-,17+;/m1./s1. The van der Waals surface area contributed by atoms with Gasteiger partial charge in [-0.1, -0.05) is 51.1 Å². The van der Waals surface area contributed by atoms with E-state index in [9.17, 15) is 9.59 Å². The first-order chi connectivity index (χ1) is 17.8. The Labute approximate surface area is 222 Å². The second-order valence-corrected chi connectivity index (χ2v) is 8.99. The number of carbonyl (C=O) groups excluding carboxylic acids is 2. The van der Waals surface area contributed by atoms with Crippen molar-refractivity contribution in [2.45, 2.75) is 59.9 Å². The molecule has 0 unspecified atom stereocenters. The third-order valence-electron chi connectivity index (χ3n) is 6.66. The Kier molecular flexibility index (Phi) is 12.2. The molecule has 1 saturated heterocycles. The van der Waals surface area contributed by atoms with Crippen molar-refractivity contribution >= 4 is 12.0 Å². The van der Waals surface area contributed by atoms with Crippen LogP contribution in [0.5, 0.6) is 11.5 Å². The van der Waals surface area contributed by atoms with Crippen molar-refractivity contribution in [1.29, 1.82) is 0 Å². The number of hydrogen-bond acceptors (Lipinski definition) is 6. The minimum absolute atomic E-state index is 0.123. The monoisotopic (exact) mass is 513 g/mol. The van der Waals surface area contributed by atoms with Gasteiger partial charge in [0.2, 0.25) is 5.91 Å². The normalized spacial score (nSPS) is 17.2. The molecule has 0 bridgehead atoms. The van der Waals surface area contributed by atoms with Crippen molar-refractivity contribution in [3.63, 3.8) is 0 Å². The third kappa shape index (κ3) is 8.39. The van der Waals surface area contributed by atoms with E-state index in [-0.39, 0.29) is 18.6 Å². The van der Waals surface area contributed by atoms with Gasteiger partial charge in [0.05, 0.1) is 20.3 Å². The highest BCUT2D eigenvalue weighted by Crippen LogP contribution is 2.28. The SMILES string of the molecule is CCN(CC)CC.COc1ccc(CN2C[C@@H](C)N(C(=O)OCc3ccccc3)[C@@H](C)C2=O)c(OC)c1. The van der Waals surface area contributed by atoms with Crippen LogP contribution >= 0.6 is 0 Å². The van der Waals surface area contributed by atoms with Crippen LogP contribution in [0, 0.1) is 0 Å². The maximum atomic E-state index is 13.0. The first-order valence-electron chi connectivity index (χ1n) is 13.0. The molecule has 8 heteroatoms. The molecular formula is C29H43N3O5. The van der Waals surface area contributed by atoms with Gasteiger partial charge in [-0.3, -0.25) is 9.69 Å². The molecule has 204 valence electrons. The number of methoxy groups -OCH3 is 2. The molecule has 2 aromatic carbocycles. The summed E-state index contributed by atoms with van der Waals surface area (Å²) in [6.45, 7) is 14.8. The quantitative estimate of drug-likeness (QED) is 0.479. The van der Waals surface area contributed by atoms with Crippen molar-refractivity contribution in [3.05, 3.63) is 59.7 Å². The molecule has 1 fully saturated rings. The Morgan fingerprint density at radius 3 is 2.16 bits per heavy atom. The van der Waals surface area contributed by atoms with Crippen molar-refractivity contribution in [2.24, 2.45) is 0 Å². The van der Waals surface area contributed by atoms with Crippen molar-refractivity contribution in [2.75, 3.05) is 40.4 Å².